The van der Waals surface area contributed by atoms with Crippen LogP contribution in [0.25, 0.3) is 0 Å². The van der Waals surface area contributed by atoms with E-state index in [2.05, 4.69) is 22.9 Å². The first-order valence-electron chi connectivity index (χ1n) is 6.69. The first kappa shape index (κ1) is 13.9. The minimum atomic E-state index is 0.475. The Hall–Kier alpha value is -2.54. The molecule has 1 heterocycles. The van der Waals surface area contributed by atoms with E-state index in [0.717, 1.165) is 29.9 Å². The summed E-state index contributed by atoms with van der Waals surface area (Å²) in [7, 11) is 0. The molecule has 0 fully saturated rings. The van der Waals surface area contributed by atoms with Crippen LogP contribution in [-0.2, 0) is 6.54 Å². The van der Waals surface area contributed by atoms with Crippen LogP contribution in [-0.4, -0.2) is 11.5 Å². The summed E-state index contributed by atoms with van der Waals surface area (Å²) in [6.45, 7) is 3.65. The van der Waals surface area contributed by atoms with Crippen LogP contribution in [0.1, 0.15) is 24.6 Å². The van der Waals surface area contributed by atoms with Gasteiger partial charge in [0.2, 0.25) is 0 Å². The van der Waals surface area contributed by atoms with Crippen LogP contribution < -0.4 is 10.6 Å². The molecule has 0 radical (unpaired) electrons. The fourth-order valence-electron chi connectivity index (χ4n) is 2.20. The van der Waals surface area contributed by atoms with Gasteiger partial charge in [-0.05, 0) is 24.6 Å². The van der Waals surface area contributed by atoms with E-state index in [9.17, 15) is 0 Å². The Labute approximate surface area is 119 Å². The highest BCUT2D eigenvalue weighted by molar-refractivity contribution is 5.67. The molecule has 2 rings (SSSR count). The van der Waals surface area contributed by atoms with Crippen molar-refractivity contribution >= 4 is 11.4 Å². The first-order chi connectivity index (χ1) is 9.76. The molecule has 4 nitrogen and oxygen atoms in total. The summed E-state index contributed by atoms with van der Waals surface area (Å²) >= 11 is 0. The first-order valence-corrected chi connectivity index (χ1v) is 6.69. The van der Waals surface area contributed by atoms with Gasteiger partial charge in [0.05, 0.1) is 11.4 Å². The Kier molecular flexibility index (Phi) is 4.56. The van der Waals surface area contributed by atoms with Crippen molar-refractivity contribution < 1.29 is 0 Å². The van der Waals surface area contributed by atoms with Gasteiger partial charge in [-0.15, -0.1) is 0 Å². The molecule has 2 aromatic rings. The van der Waals surface area contributed by atoms with Crippen LogP contribution in [0.4, 0.5) is 11.4 Å². The van der Waals surface area contributed by atoms with Gasteiger partial charge in [0.1, 0.15) is 11.8 Å². The normalized spacial score (nSPS) is 10.0. The zero-order valence-electron chi connectivity index (χ0n) is 11.6. The molecule has 1 aromatic carbocycles. The predicted molar refractivity (Wildman–Crippen MR) is 81.1 cm³/mol. The molecule has 0 bridgehead atoms. The van der Waals surface area contributed by atoms with E-state index in [4.69, 9.17) is 11.0 Å². The summed E-state index contributed by atoms with van der Waals surface area (Å²) in [5, 5.41) is 9.13. The smallest absolute Gasteiger partial charge is 0.145 e. The van der Waals surface area contributed by atoms with E-state index >= 15 is 0 Å². The number of nitriles is 1. The van der Waals surface area contributed by atoms with Crippen LogP contribution >= 0.6 is 0 Å². The predicted octanol–water partition coefficient (Wildman–Crippen LogP) is 2.95. The number of para-hydroxylation sites is 2. The Bertz CT molecular complexity index is 610. The molecule has 0 saturated heterocycles. The second kappa shape index (κ2) is 6.58. The number of nitrogens with zero attached hydrogens (tertiary/aromatic N) is 3. The Morgan fingerprint density at radius 3 is 2.75 bits per heavy atom. The highest BCUT2D eigenvalue weighted by Gasteiger charge is 2.12. The number of hydrogen-bond donors (Lipinski definition) is 1. The van der Waals surface area contributed by atoms with Gasteiger partial charge >= 0.3 is 0 Å². The minimum Gasteiger partial charge on any atom is -0.397 e. The summed E-state index contributed by atoms with van der Waals surface area (Å²) in [6.07, 6.45) is 2.65. The Balaban J connectivity index is 2.31. The van der Waals surface area contributed by atoms with Crippen molar-refractivity contribution in [2.45, 2.75) is 19.9 Å². The number of anilines is 2. The van der Waals surface area contributed by atoms with Gasteiger partial charge in [-0.1, -0.05) is 25.1 Å². The lowest BCUT2D eigenvalue weighted by atomic mass is 10.1. The molecule has 0 atom stereocenters. The summed E-state index contributed by atoms with van der Waals surface area (Å²) < 4.78 is 0. The van der Waals surface area contributed by atoms with Crippen molar-refractivity contribution in [3.05, 3.63) is 53.9 Å². The number of rotatable bonds is 5. The maximum Gasteiger partial charge on any atom is 0.145 e. The van der Waals surface area contributed by atoms with E-state index < -0.39 is 0 Å². The fraction of sp³-hybridized carbons (Fsp3) is 0.250. The van der Waals surface area contributed by atoms with Crippen LogP contribution in [0.5, 0.6) is 0 Å². The molecule has 0 unspecified atom stereocenters. The van der Waals surface area contributed by atoms with E-state index in [-0.39, 0.29) is 0 Å². The van der Waals surface area contributed by atoms with E-state index in [1.54, 1.807) is 6.20 Å². The second-order valence-electron chi connectivity index (χ2n) is 4.60. The van der Waals surface area contributed by atoms with Crippen LogP contribution in [0.2, 0.25) is 0 Å². The molecule has 0 spiro atoms. The number of pyridine rings is 1. The zero-order valence-corrected chi connectivity index (χ0v) is 11.6. The number of aromatic nitrogens is 1. The second-order valence-corrected chi connectivity index (χ2v) is 4.60. The van der Waals surface area contributed by atoms with Gasteiger partial charge in [0.15, 0.2) is 0 Å². The number of nitrogens with two attached hydrogens (primary N) is 1. The van der Waals surface area contributed by atoms with Gasteiger partial charge in [-0.3, -0.25) is 0 Å². The van der Waals surface area contributed by atoms with Crippen LogP contribution in [0, 0.1) is 11.3 Å². The average molecular weight is 266 g/mol. The molecule has 102 valence electrons. The van der Waals surface area contributed by atoms with Crippen molar-refractivity contribution in [3.63, 3.8) is 0 Å². The zero-order chi connectivity index (χ0) is 14.4. The summed E-state index contributed by atoms with van der Waals surface area (Å²) in [5.74, 6) is 0. The number of hydrogen-bond acceptors (Lipinski definition) is 4. The van der Waals surface area contributed by atoms with Crippen molar-refractivity contribution in [3.8, 4) is 6.07 Å². The third-order valence-corrected chi connectivity index (χ3v) is 3.13. The topological polar surface area (TPSA) is 65.9 Å². The maximum absolute atomic E-state index is 9.13. The quantitative estimate of drug-likeness (QED) is 0.845. The maximum atomic E-state index is 9.13. The molecule has 0 saturated carbocycles. The largest absolute Gasteiger partial charge is 0.397 e. The molecule has 0 aliphatic rings. The molecular weight excluding hydrogens is 248 g/mol. The standard InChI is InChI=1S/C16H18N4/c1-2-10-20(16-8-4-3-7-14(16)18)12-13-6-5-9-19-15(13)11-17/h3-9H,2,10,12,18H2,1H3. The van der Waals surface area contributed by atoms with Gasteiger partial charge < -0.3 is 10.6 Å². The van der Waals surface area contributed by atoms with E-state index in [1.165, 1.54) is 0 Å². The SMILES string of the molecule is CCCN(Cc1cccnc1C#N)c1ccccc1N. The molecular formula is C16H18N4. The van der Waals surface area contributed by atoms with Crippen LogP contribution in [0.3, 0.4) is 0 Å². The van der Waals surface area contributed by atoms with E-state index in [0.29, 0.717) is 12.2 Å². The third-order valence-electron chi connectivity index (χ3n) is 3.13. The molecule has 0 aliphatic carbocycles. The molecule has 0 amide bonds. The number of nitrogen functional groups attached to an aromatic ring is 1. The van der Waals surface area contributed by atoms with Crippen molar-refractivity contribution in [1.82, 2.24) is 4.98 Å². The van der Waals surface area contributed by atoms with Gasteiger partial charge in [0.25, 0.3) is 0 Å². The lowest BCUT2D eigenvalue weighted by molar-refractivity contribution is 0.765. The molecule has 1 aromatic heterocycles. The molecule has 20 heavy (non-hydrogen) atoms. The van der Waals surface area contributed by atoms with Gasteiger partial charge in [-0.2, -0.15) is 5.26 Å². The van der Waals surface area contributed by atoms with Crippen molar-refractivity contribution in [2.24, 2.45) is 0 Å². The summed E-state index contributed by atoms with van der Waals surface area (Å²) in [4.78, 5) is 6.30. The average Bonchev–Trinajstić information content (AvgIpc) is 2.48. The lowest BCUT2D eigenvalue weighted by Crippen LogP contribution is -2.25. The van der Waals surface area contributed by atoms with Gasteiger partial charge in [-0.25, -0.2) is 4.98 Å². The van der Waals surface area contributed by atoms with E-state index in [1.807, 2.05) is 36.4 Å². The van der Waals surface area contributed by atoms with Gasteiger partial charge in [0, 0.05) is 24.8 Å². The minimum absolute atomic E-state index is 0.475. The molecule has 4 heteroatoms. The highest BCUT2D eigenvalue weighted by Crippen LogP contribution is 2.24. The highest BCUT2D eigenvalue weighted by atomic mass is 15.1. The van der Waals surface area contributed by atoms with Crippen LogP contribution in [0.15, 0.2) is 42.6 Å². The number of benzene rings is 1. The molecule has 2 N–H and O–H groups in total. The molecule has 0 aliphatic heterocycles. The third kappa shape index (κ3) is 3.07. The summed E-state index contributed by atoms with van der Waals surface area (Å²) in [5.41, 5.74) is 9.21. The lowest BCUT2D eigenvalue weighted by Gasteiger charge is -2.26. The van der Waals surface area contributed by atoms with Crippen molar-refractivity contribution in [2.75, 3.05) is 17.2 Å². The fourth-order valence-corrected chi connectivity index (χ4v) is 2.20. The monoisotopic (exact) mass is 266 g/mol. The van der Waals surface area contributed by atoms with Crippen molar-refractivity contribution in [1.29, 1.82) is 5.26 Å². The Morgan fingerprint density at radius 1 is 1.25 bits per heavy atom. The Morgan fingerprint density at radius 2 is 2.05 bits per heavy atom. The summed E-state index contributed by atoms with van der Waals surface area (Å²) in [6, 6.07) is 13.7.